The predicted octanol–water partition coefficient (Wildman–Crippen LogP) is 6.40. The number of anilines is 1. The van der Waals surface area contributed by atoms with Crippen molar-refractivity contribution in [2.45, 2.75) is 64.6 Å². The van der Waals surface area contributed by atoms with E-state index in [1.165, 1.54) is 0 Å². The normalized spacial score (nSPS) is 18.8. The van der Waals surface area contributed by atoms with Crippen molar-refractivity contribution >= 4 is 30.1 Å². The Balaban J connectivity index is 1.94. The monoisotopic (exact) mass is 606 g/mol. The lowest BCUT2D eigenvalue weighted by atomic mass is 10.0. The van der Waals surface area contributed by atoms with Gasteiger partial charge in [0, 0.05) is 24.2 Å². The predicted molar refractivity (Wildman–Crippen MR) is 155 cm³/mol. The number of benzene rings is 3. The molecule has 1 fully saturated rings. The highest BCUT2D eigenvalue weighted by Gasteiger charge is 2.50. The fourth-order valence-electron chi connectivity index (χ4n) is 5.86. The minimum absolute atomic E-state index is 0.00332. The van der Waals surface area contributed by atoms with Crippen LogP contribution in [-0.2, 0) is 15.8 Å². The fourth-order valence-corrected chi connectivity index (χ4v) is 10.4. The fraction of sp³-hybridized carbons (Fsp3) is 0.387. The van der Waals surface area contributed by atoms with Gasteiger partial charge in [0.1, 0.15) is 0 Å². The Kier molecular flexibility index (Phi) is 9.15. The van der Waals surface area contributed by atoms with E-state index < -0.39 is 42.4 Å². The molecule has 11 heteroatoms. The highest BCUT2D eigenvalue weighted by Crippen LogP contribution is 2.40. The van der Waals surface area contributed by atoms with E-state index in [1.807, 2.05) is 81.4 Å². The summed E-state index contributed by atoms with van der Waals surface area (Å²) in [6.07, 6.45) is -5.92. The van der Waals surface area contributed by atoms with Crippen molar-refractivity contribution in [2.75, 3.05) is 18.0 Å². The van der Waals surface area contributed by atoms with Gasteiger partial charge >= 0.3 is 6.18 Å². The molecule has 1 aliphatic heterocycles. The number of rotatable bonds is 7. The zero-order valence-electron chi connectivity index (χ0n) is 24.2. The Morgan fingerprint density at radius 2 is 1.43 bits per heavy atom. The minimum atomic E-state index is -5.23. The van der Waals surface area contributed by atoms with Crippen LogP contribution >= 0.6 is 0 Å². The van der Waals surface area contributed by atoms with Crippen LogP contribution in [0.15, 0.2) is 71.9 Å². The molecular formula is C31H35F5N2O3Si. The summed E-state index contributed by atoms with van der Waals surface area (Å²) in [4.78, 5) is 1.58. The second-order valence-electron chi connectivity index (χ2n) is 11.6. The van der Waals surface area contributed by atoms with Gasteiger partial charge < -0.3 is 19.3 Å². The van der Waals surface area contributed by atoms with Gasteiger partial charge in [-0.2, -0.15) is 13.2 Å². The van der Waals surface area contributed by atoms with Crippen LogP contribution in [-0.4, -0.2) is 50.7 Å². The molecule has 0 amide bonds. The van der Waals surface area contributed by atoms with Gasteiger partial charge in [-0.1, -0.05) is 86.6 Å². The van der Waals surface area contributed by atoms with E-state index >= 15 is 8.78 Å². The van der Waals surface area contributed by atoms with Crippen molar-refractivity contribution in [1.29, 1.82) is 0 Å². The first-order chi connectivity index (χ1) is 19.7. The van der Waals surface area contributed by atoms with Crippen LogP contribution in [0.4, 0.5) is 27.6 Å². The lowest BCUT2D eigenvalue weighted by molar-refractivity contribution is -0.0603. The van der Waals surface area contributed by atoms with Gasteiger partial charge in [0.25, 0.3) is 8.32 Å². The van der Waals surface area contributed by atoms with E-state index in [-0.39, 0.29) is 43.2 Å². The number of oxime groups is 1. The third kappa shape index (κ3) is 6.09. The van der Waals surface area contributed by atoms with E-state index in [4.69, 9.17) is 9.16 Å². The molecule has 4 rings (SSSR count). The maximum atomic E-state index is 15.9. The Morgan fingerprint density at radius 1 is 0.929 bits per heavy atom. The van der Waals surface area contributed by atoms with Crippen molar-refractivity contribution in [3.63, 3.8) is 0 Å². The minimum Gasteiger partial charge on any atom is -0.410 e. The second-order valence-corrected chi connectivity index (χ2v) is 15.9. The first kappa shape index (κ1) is 31.6. The molecule has 1 saturated heterocycles. The Labute approximate surface area is 243 Å². The number of hydrogen-bond acceptors (Lipinski definition) is 5. The van der Waals surface area contributed by atoms with Crippen molar-refractivity contribution < 1.29 is 36.3 Å². The van der Waals surface area contributed by atoms with E-state index in [2.05, 4.69) is 5.16 Å². The second kappa shape index (κ2) is 12.1. The summed E-state index contributed by atoms with van der Waals surface area (Å²) in [5, 5.41) is 12.8. The molecule has 0 radical (unpaired) electrons. The summed E-state index contributed by atoms with van der Waals surface area (Å²) in [7, 11) is -3.21. The SMILES string of the molecule is C[C@@H]1CN(c2c(CO[Si](c3ccccc3)(c3ccccc3)C(C)(C)C)cc(C(=NO)C(F)(F)F)c(F)c2F)C[C@H](C)O1. The molecule has 0 bridgehead atoms. The van der Waals surface area contributed by atoms with Gasteiger partial charge in [0.15, 0.2) is 17.3 Å². The third-order valence-corrected chi connectivity index (χ3v) is 12.5. The molecule has 226 valence electrons. The molecule has 2 atom stereocenters. The number of alkyl halides is 3. The molecule has 1 aliphatic rings. The quantitative estimate of drug-likeness (QED) is 0.111. The van der Waals surface area contributed by atoms with Gasteiger partial charge in [0.05, 0.1) is 24.5 Å². The van der Waals surface area contributed by atoms with Crippen molar-refractivity contribution in [2.24, 2.45) is 5.16 Å². The molecule has 0 unspecified atom stereocenters. The molecule has 42 heavy (non-hydrogen) atoms. The van der Waals surface area contributed by atoms with Gasteiger partial charge in [-0.05, 0) is 35.3 Å². The van der Waals surface area contributed by atoms with Crippen LogP contribution < -0.4 is 15.3 Å². The van der Waals surface area contributed by atoms with Crippen molar-refractivity contribution in [3.8, 4) is 0 Å². The topological polar surface area (TPSA) is 54.3 Å². The largest absolute Gasteiger partial charge is 0.437 e. The van der Waals surface area contributed by atoms with E-state index in [9.17, 15) is 18.4 Å². The molecule has 5 nitrogen and oxygen atoms in total. The molecule has 0 spiro atoms. The van der Waals surface area contributed by atoms with Gasteiger partial charge in [-0.3, -0.25) is 0 Å². The van der Waals surface area contributed by atoms with Gasteiger partial charge in [0.2, 0.25) is 0 Å². The van der Waals surface area contributed by atoms with Crippen molar-refractivity contribution in [3.05, 3.63) is 89.5 Å². The lowest BCUT2D eigenvalue weighted by Gasteiger charge is -2.43. The molecule has 3 aromatic carbocycles. The van der Waals surface area contributed by atoms with Crippen LogP contribution in [0.1, 0.15) is 45.7 Å². The maximum Gasteiger partial charge on any atom is 0.437 e. The first-order valence-corrected chi connectivity index (χ1v) is 15.6. The lowest BCUT2D eigenvalue weighted by Crippen LogP contribution is -2.66. The summed E-state index contributed by atoms with van der Waals surface area (Å²) in [6, 6.07) is 20.0. The molecular weight excluding hydrogens is 571 g/mol. The molecule has 0 aliphatic carbocycles. The molecule has 1 N–H and O–H groups in total. The summed E-state index contributed by atoms with van der Waals surface area (Å²) >= 11 is 0. The Morgan fingerprint density at radius 3 is 1.86 bits per heavy atom. The molecule has 1 heterocycles. The van der Waals surface area contributed by atoms with Crippen molar-refractivity contribution in [1.82, 2.24) is 0 Å². The van der Waals surface area contributed by atoms with E-state index in [1.54, 1.807) is 18.7 Å². The highest BCUT2D eigenvalue weighted by molar-refractivity contribution is 6.99. The Bertz CT molecular complexity index is 1360. The molecule has 0 saturated carbocycles. The standard InChI is InChI=1S/C31H35F5N2O3Si/c1-20-17-38(18-21(2)41-20)28-22(16-25(26(32)27(28)33)29(37-39)31(34,35)36)19-40-42(30(3,4)5,23-12-8-6-9-13-23)24-14-10-7-11-15-24/h6-16,20-21,39H,17-19H2,1-5H3/t20-,21+. The maximum absolute atomic E-state index is 15.9. The van der Waals surface area contributed by atoms with Crippen LogP contribution in [0.5, 0.6) is 0 Å². The Hall–Kier alpha value is -3.28. The summed E-state index contributed by atoms with van der Waals surface area (Å²) in [5.74, 6) is -3.23. The zero-order chi connectivity index (χ0) is 30.9. The average Bonchev–Trinajstić information content (AvgIpc) is 2.91. The molecule has 3 aromatic rings. The first-order valence-electron chi connectivity index (χ1n) is 13.7. The van der Waals surface area contributed by atoms with Crippen LogP contribution in [0, 0.1) is 11.6 Å². The third-order valence-electron chi connectivity index (χ3n) is 7.48. The van der Waals surface area contributed by atoms with Gasteiger partial charge in [-0.15, -0.1) is 0 Å². The number of morpholine rings is 1. The summed E-state index contributed by atoms with van der Waals surface area (Å²) < 4.78 is 85.2. The highest BCUT2D eigenvalue weighted by atomic mass is 28.4. The summed E-state index contributed by atoms with van der Waals surface area (Å²) in [5.41, 5.74) is -3.32. The smallest absolute Gasteiger partial charge is 0.410 e. The number of hydrogen-bond donors (Lipinski definition) is 1. The average molecular weight is 607 g/mol. The van der Waals surface area contributed by atoms with Gasteiger partial charge in [-0.25, -0.2) is 8.78 Å². The number of ether oxygens (including phenoxy) is 1. The van der Waals surface area contributed by atoms with Crippen LogP contribution in [0.25, 0.3) is 0 Å². The number of nitrogens with zero attached hydrogens (tertiary/aromatic N) is 2. The molecule has 0 aromatic heterocycles. The summed E-state index contributed by atoms with van der Waals surface area (Å²) in [6.45, 7) is 9.70. The van der Waals surface area contributed by atoms with E-state index in [0.717, 1.165) is 16.4 Å². The zero-order valence-corrected chi connectivity index (χ0v) is 25.2. The van der Waals surface area contributed by atoms with Crippen LogP contribution in [0.3, 0.4) is 0 Å². The van der Waals surface area contributed by atoms with Crippen LogP contribution in [0.2, 0.25) is 5.04 Å². The number of halogens is 5. The van der Waals surface area contributed by atoms with E-state index in [0.29, 0.717) is 0 Å².